The van der Waals surface area contributed by atoms with E-state index in [1.807, 2.05) is 49.4 Å². The van der Waals surface area contributed by atoms with Gasteiger partial charge in [-0.15, -0.1) is 0 Å². The minimum atomic E-state index is -1.15. The predicted molar refractivity (Wildman–Crippen MR) is 125 cm³/mol. The molecule has 0 saturated heterocycles. The normalized spacial score (nSPS) is 11.2. The molecule has 0 aliphatic rings. The van der Waals surface area contributed by atoms with E-state index >= 15 is 0 Å². The number of carboxylic acid groups (broad SMARTS) is 1. The van der Waals surface area contributed by atoms with Gasteiger partial charge in [0.15, 0.2) is 11.3 Å². The van der Waals surface area contributed by atoms with Gasteiger partial charge in [-0.25, -0.2) is 9.78 Å². The van der Waals surface area contributed by atoms with E-state index in [1.54, 1.807) is 18.3 Å². The van der Waals surface area contributed by atoms with Crippen molar-refractivity contribution in [2.24, 2.45) is 0 Å². The summed E-state index contributed by atoms with van der Waals surface area (Å²) in [6.45, 7) is 2.36. The number of nitrogens with one attached hydrogen (secondary N) is 1. The highest BCUT2D eigenvalue weighted by Gasteiger charge is 2.18. The Morgan fingerprint density at radius 2 is 1.91 bits per heavy atom. The van der Waals surface area contributed by atoms with Gasteiger partial charge in [0, 0.05) is 29.3 Å². The number of halogens is 1. The lowest BCUT2D eigenvalue weighted by molar-refractivity contribution is 0.0691. The highest BCUT2D eigenvalue weighted by molar-refractivity contribution is 6.29. The number of furan rings is 1. The van der Waals surface area contributed by atoms with E-state index in [-0.39, 0.29) is 10.8 Å². The second kappa shape index (κ2) is 7.98. The summed E-state index contributed by atoms with van der Waals surface area (Å²) in [6.07, 6.45) is 1.79. The molecule has 158 valence electrons. The van der Waals surface area contributed by atoms with Gasteiger partial charge < -0.3 is 14.8 Å². The molecule has 0 fully saturated rings. The van der Waals surface area contributed by atoms with Crippen LogP contribution in [0.2, 0.25) is 5.15 Å². The van der Waals surface area contributed by atoms with E-state index in [0.29, 0.717) is 17.8 Å². The molecule has 5 aromatic rings. The largest absolute Gasteiger partial charge is 0.476 e. The summed E-state index contributed by atoms with van der Waals surface area (Å²) < 4.78 is 6.35. The second-order valence-corrected chi connectivity index (χ2v) is 7.88. The molecule has 6 nitrogen and oxygen atoms in total. The third-order valence-corrected chi connectivity index (χ3v) is 5.50. The summed E-state index contributed by atoms with van der Waals surface area (Å²) >= 11 is 5.86. The van der Waals surface area contributed by atoms with E-state index < -0.39 is 5.97 Å². The fourth-order valence-corrected chi connectivity index (χ4v) is 4.05. The molecule has 0 radical (unpaired) electrons. The van der Waals surface area contributed by atoms with Crippen molar-refractivity contribution in [3.63, 3.8) is 0 Å². The summed E-state index contributed by atoms with van der Waals surface area (Å²) in [7, 11) is 0. The van der Waals surface area contributed by atoms with Gasteiger partial charge in [0.05, 0.1) is 5.69 Å². The van der Waals surface area contributed by atoms with Gasteiger partial charge in [0.2, 0.25) is 0 Å². The SMILES string of the molecule is Cc1cc(CNc2ccc(Cl)nc2C(=O)O)c2oc3c(-c4ccccc4)ccnc3c2c1. The third-order valence-electron chi connectivity index (χ3n) is 5.29. The molecule has 5 rings (SSSR count). The van der Waals surface area contributed by atoms with Crippen molar-refractivity contribution in [1.29, 1.82) is 0 Å². The summed E-state index contributed by atoms with van der Waals surface area (Å²) in [5.41, 5.74) is 6.46. The Morgan fingerprint density at radius 3 is 2.69 bits per heavy atom. The topological polar surface area (TPSA) is 88.2 Å². The van der Waals surface area contributed by atoms with Crippen LogP contribution in [0.25, 0.3) is 33.2 Å². The quantitative estimate of drug-likeness (QED) is 0.309. The zero-order valence-corrected chi connectivity index (χ0v) is 17.8. The number of hydrogen-bond acceptors (Lipinski definition) is 5. The molecule has 0 aliphatic heterocycles. The minimum Gasteiger partial charge on any atom is -0.476 e. The van der Waals surface area contributed by atoms with Crippen molar-refractivity contribution < 1.29 is 14.3 Å². The molecule has 0 bridgehead atoms. The summed E-state index contributed by atoms with van der Waals surface area (Å²) in [4.78, 5) is 20.1. The number of pyridine rings is 2. The number of benzene rings is 2. The van der Waals surface area contributed by atoms with Crippen molar-refractivity contribution >= 4 is 45.3 Å². The maximum atomic E-state index is 11.6. The lowest BCUT2D eigenvalue weighted by atomic mass is 10.0. The first-order valence-corrected chi connectivity index (χ1v) is 10.4. The number of carbonyl (C=O) groups is 1. The number of hydrogen-bond donors (Lipinski definition) is 2. The fourth-order valence-electron chi connectivity index (χ4n) is 3.90. The maximum absolute atomic E-state index is 11.6. The molecule has 0 unspecified atom stereocenters. The van der Waals surface area contributed by atoms with Crippen LogP contribution in [-0.4, -0.2) is 21.0 Å². The summed E-state index contributed by atoms with van der Waals surface area (Å²) in [6, 6.07) is 19.2. The van der Waals surface area contributed by atoms with Gasteiger partial charge >= 0.3 is 5.97 Å². The first-order chi connectivity index (χ1) is 15.5. The Balaban J connectivity index is 1.61. The van der Waals surface area contributed by atoms with Crippen LogP contribution in [0.5, 0.6) is 0 Å². The fraction of sp³-hybridized carbons (Fsp3) is 0.0800. The van der Waals surface area contributed by atoms with Gasteiger partial charge in [0.25, 0.3) is 0 Å². The predicted octanol–water partition coefficient (Wildman–Crippen LogP) is 6.32. The number of aromatic carboxylic acids is 1. The van der Waals surface area contributed by atoms with Crippen LogP contribution >= 0.6 is 11.6 Å². The standard InChI is InChI=1S/C25H18ClN3O3/c1-14-11-16(13-28-19-7-8-20(26)29-22(19)25(30)31)23-18(12-14)21-24(32-23)17(9-10-27-21)15-5-3-2-4-6-15/h2-12,28H,13H2,1H3,(H,30,31). The molecular weight excluding hydrogens is 426 g/mol. The van der Waals surface area contributed by atoms with Crippen LogP contribution in [0, 0.1) is 6.92 Å². The van der Waals surface area contributed by atoms with Crippen LogP contribution in [0.15, 0.2) is 71.3 Å². The molecule has 0 aliphatic carbocycles. The second-order valence-electron chi connectivity index (χ2n) is 7.49. The molecule has 0 amide bonds. The average Bonchev–Trinajstić information content (AvgIpc) is 3.17. The van der Waals surface area contributed by atoms with E-state index in [0.717, 1.165) is 38.7 Å². The Kier molecular flexibility index (Phi) is 4.99. The van der Waals surface area contributed by atoms with Crippen LogP contribution in [0.4, 0.5) is 5.69 Å². The molecule has 3 aromatic heterocycles. The van der Waals surface area contributed by atoms with Crippen molar-refractivity contribution in [2.75, 3.05) is 5.32 Å². The molecular formula is C25H18ClN3O3. The molecule has 32 heavy (non-hydrogen) atoms. The number of carboxylic acids is 1. The van der Waals surface area contributed by atoms with Crippen LogP contribution in [0.1, 0.15) is 21.6 Å². The van der Waals surface area contributed by atoms with Crippen molar-refractivity contribution in [3.05, 3.63) is 88.8 Å². The molecule has 2 aromatic carbocycles. The smallest absolute Gasteiger partial charge is 0.356 e. The van der Waals surface area contributed by atoms with Gasteiger partial charge in [0.1, 0.15) is 16.3 Å². The summed E-state index contributed by atoms with van der Waals surface area (Å²) in [5, 5.41) is 13.7. The average molecular weight is 444 g/mol. The Bertz CT molecular complexity index is 1480. The lowest BCUT2D eigenvalue weighted by Gasteiger charge is -2.10. The molecule has 3 heterocycles. The van der Waals surface area contributed by atoms with E-state index in [4.69, 9.17) is 16.0 Å². The van der Waals surface area contributed by atoms with Crippen LogP contribution in [0.3, 0.4) is 0 Å². The lowest BCUT2D eigenvalue weighted by Crippen LogP contribution is -2.09. The molecule has 2 N–H and O–H groups in total. The maximum Gasteiger partial charge on any atom is 0.356 e. The summed E-state index contributed by atoms with van der Waals surface area (Å²) in [5.74, 6) is -1.15. The van der Waals surface area contributed by atoms with E-state index in [1.165, 1.54) is 0 Å². The number of aromatic nitrogens is 2. The van der Waals surface area contributed by atoms with E-state index in [9.17, 15) is 9.90 Å². The third kappa shape index (κ3) is 3.55. The monoisotopic (exact) mass is 443 g/mol. The first-order valence-electron chi connectivity index (χ1n) is 10.0. The van der Waals surface area contributed by atoms with Crippen molar-refractivity contribution in [3.8, 4) is 11.1 Å². The van der Waals surface area contributed by atoms with Crippen molar-refractivity contribution in [1.82, 2.24) is 9.97 Å². The number of rotatable bonds is 5. The Morgan fingerprint density at radius 1 is 1.09 bits per heavy atom. The zero-order valence-electron chi connectivity index (χ0n) is 17.1. The minimum absolute atomic E-state index is 0.126. The Labute approximate surface area is 188 Å². The number of aryl methyl sites for hydroxylation is 1. The van der Waals surface area contributed by atoms with Gasteiger partial charge in [-0.1, -0.05) is 48.0 Å². The van der Waals surface area contributed by atoms with E-state index in [2.05, 4.69) is 21.4 Å². The zero-order chi connectivity index (χ0) is 22.2. The number of anilines is 1. The molecule has 0 atom stereocenters. The molecule has 0 saturated carbocycles. The van der Waals surface area contributed by atoms with Gasteiger partial charge in [-0.2, -0.15) is 0 Å². The van der Waals surface area contributed by atoms with Crippen LogP contribution < -0.4 is 5.32 Å². The first kappa shape index (κ1) is 20.0. The highest BCUT2D eigenvalue weighted by atomic mass is 35.5. The molecule has 0 spiro atoms. The van der Waals surface area contributed by atoms with Gasteiger partial charge in [-0.05, 0) is 42.3 Å². The van der Waals surface area contributed by atoms with Crippen molar-refractivity contribution in [2.45, 2.75) is 13.5 Å². The number of nitrogens with zero attached hydrogens (tertiary/aromatic N) is 2. The highest BCUT2D eigenvalue weighted by Crippen LogP contribution is 2.36. The Hall–Kier alpha value is -3.90. The number of fused-ring (bicyclic) bond motifs is 3. The molecule has 7 heteroatoms. The van der Waals surface area contributed by atoms with Gasteiger partial charge in [-0.3, -0.25) is 4.98 Å². The van der Waals surface area contributed by atoms with Crippen LogP contribution in [-0.2, 0) is 6.54 Å².